The lowest BCUT2D eigenvalue weighted by Crippen LogP contribution is -2.38. The minimum absolute atomic E-state index is 0.00116. The maximum Gasteiger partial charge on any atom is 0.272 e. The van der Waals surface area contributed by atoms with Crippen LogP contribution >= 0.6 is 0 Å². The summed E-state index contributed by atoms with van der Waals surface area (Å²) in [4.78, 5) is 33.1. The number of piperidine rings is 2. The van der Waals surface area contributed by atoms with E-state index in [0.29, 0.717) is 30.3 Å². The van der Waals surface area contributed by atoms with Crippen LogP contribution in [0.2, 0.25) is 0 Å². The van der Waals surface area contributed by atoms with Crippen LogP contribution in [-0.2, 0) is 0 Å². The normalized spacial score (nSPS) is 18.4. The summed E-state index contributed by atoms with van der Waals surface area (Å²) in [6, 6.07) is 11.5. The largest absolute Gasteiger partial charge is 0.371 e. The molecule has 30 heavy (non-hydrogen) atoms. The van der Waals surface area contributed by atoms with Crippen LogP contribution in [0.1, 0.15) is 64.9 Å². The molecule has 158 valence electrons. The number of hydrogen-bond acceptors (Lipinski definition) is 4. The molecule has 2 fully saturated rings. The van der Waals surface area contributed by atoms with Crippen molar-refractivity contribution < 1.29 is 9.59 Å². The second kappa shape index (κ2) is 8.86. The van der Waals surface area contributed by atoms with E-state index in [1.807, 2.05) is 29.2 Å². The summed E-state index contributed by atoms with van der Waals surface area (Å²) >= 11 is 0. The Morgan fingerprint density at radius 2 is 1.73 bits per heavy atom. The molecule has 0 bridgehead atoms. The van der Waals surface area contributed by atoms with Gasteiger partial charge < -0.3 is 15.5 Å². The number of hydrogen-bond donors (Lipinski definition) is 1. The first-order chi connectivity index (χ1) is 14.5. The first-order valence-electron chi connectivity index (χ1n) is 10.9. The number of carbonyl (C=O) groups is 2. The van der Waals surface area contributed by atoms with Gasteiger partial charge in [0.15, 0.2) is 0 Å². The smallest absolute Gasteiger partial charge is 0.272 e. The molecule has 0 aliphatic carbocycles. The fourth-order valence-corrected chi connectivity index (χ4v) is 4.59. The molecule has 6 heteroatoms. The first kappa shape index (κ1) is 20.4. The zero-order valence-electron chi connectivity index (χ0n) is 17.6. The zero-order valence-corrected chi connectivity index (χ0v) is 17.6. The molecule has 0 unspecified atom stereocenters. The molecule has 0 saturated carbocycles. The van der Waals surface area contributed by atoms with Gasteiger partial charge in [0.05, 0.1) is 5.56 Å². The predicted molar refractivity (Wildman–Crippen MR) is 118 cm³/mol. The van der Waals surface area contributed by atoms with Crippen molar-refractivity contribution in [3.63, 3.8) is 0 Å². The van der Waals surface area contributed by atoms with E-state index in [2.05, 4.69) is 22.9 Å². The molecule has 0 atom stereocenters. The van der Waals surface area contributed by atoms with Crippen molar-refractivity contribution in [2.24, 2.45) is 11.7 Å². The van der Waals surface area contributed by atoms with Crippen LogP contribution in [0.4, 0.5) is 5.69 Å². The van der Waals surface area contributed by atoms with E-state index < -0.39 is 0 Å². The summed E-state index contributed by atoms with van der Waals surface area (Å²) in [7, 11) is 0. The molecular weight excluding hydrogens is 376 g/mol. The number of benzene rings is 1. The number of rotatable bonds is 4. The van der Waals surface area contributed by atoms with Gasteiger partial charge in [-0.3, -0.25) is 14.6 Å². The average Bonchev–Trinajstić information content (AvgIpc) is 2.79. The molecule has 0 spiro atoms. The van der Waals surface area contributed by atoms with E-state index in [1.165, 1.54) is 5.56 Å². The van der Waals surface area contributed by atoms with Crippen molar-refractivity contribution in [2.45, 2.75) is 38.5 Å². The van der Waals surface area contributed by atoms with Gasteiger partial charge in [0.25, 0.3) is 11.8 Å². The fraction of sp³-hybridized carbons (Fsp3) is 0.458. The second-order valence-electron chi connectivity index (χ2n) is 8.59. The molecular formula is C24H30N4O2. The molecule has 2 N–H and O–H groups in total. The van der Waals surface area contributed by atoms with E-state index in [9.17, 15) is 9.59 Å². The molecule has 6 nitrogen and oxygen atoms in total. The number of nitrogens with zero attached hydrogens (tertiary/aromatic N) is 3. The Balaban J connectivity index is 1.47. The third-order valence-corrected chi connectivity index (χ3v) is 6.55. The van der Waals surface area contributed by atoms with Crippen molar-refractivity contribution in [1.82, 2.24) is 9.88 Å². The standard InChI is InChI=1S/C24H30N4O2/c1-17-7-12-27(13-8-17)22-16-19(5-6-20(22)23(25)29)18-9-14-28(15-10-18)24(30)21-4-2-3-11-26-21/h2-6,11,16-18H,7-10,12-15H2,1H3,(H2,25,29). The number of aromatic nitrogens is 1. The highest BCUT2D eigenvalue weighted by molar-refractivity contribution is 5.99. The van der Waals surface area contributed by atoms with Crippen LogP contribution in [0.5, 0.6) is 0 Å². The number of primary amides is 1. The number of carbonyl (C=O) groups excluding carboxylic acids is 2. The lowest BCUT2D eigenvalue weighted by Gasteiger charge is -2.35. The summed E-state index contributed by atoms with van der Waals surface area (Å²) in [6.07, 6.45) is 5.74. The summed E-state index contributed by atoms with van der Waals surface area (Å²) in [5.74, 6) is 0.733. The second-order valence-corrected chi connectivity index (χ2v) is 8.59. The van der Waals surface area contributed by atoms with Gasteiger partial charge in [0.1, 0.15) is 5.69 Å². The Morgan fingerprint density at radius 3 is 2.37 bits per heavy atom. The maximum atomic E-state index is 12.7. The summed E-state index contributed by atoms with van der Waals surface area (Å²) in [5.41, 5.74) is 8.98. The highest BCUT2D eigenvalue weighted by Crippen LogP contribution is 2.34. The van der Waals surface area contributed by atoms with Crippen molar-refractivity contribution in [1.29, 1.82) is 0 Å². The van der Waals surface area contributed by atoms with Gasteiger partial charge in [-0.2, -0.15) is 0 Å². The lowest BCUT2D eigenvalue weighted by atomic mass is 9.87. The molecule has 0 radical (unpaired) electrons. The molecule has 1 aromatic carbocycles. The van der Waals surface area contributed by atoms with Crippen LogP contribution in [-0.4, -0.2) is 47.9 Å². The van der Waals surface area contributed by atoms with Crippen LogP contribution < -0.4 is 10.6 Å². The van der Waals surface area contributed by atoms with Gasteiger partial charge in [-0.15, -0.1) is 0 Å². The lowest BCUT2D eigenvalue weighted by molar-refractivity contribution is 0.0706. The van der Waals surface area contributed by atoms with Gasteiger partial charge in [-0.05, 0) is 67.3 Å². The van der Waals surface area contributed by atoms with Crippen LogP contribution in [0.3, 0.4) is 0 Å². The highest BCUT2D eigenvalue weighted by Gasteiger charge is 2.27. The number of likely N-dealkylation sites (tertiary alicyclic amines) is 1. The van der Waals surface area contributed by atoms with Crippen molar-refractivity contribution in [3.05, 3.63) is 59.4 Å². The Morgan fingerprint density at radius 1 is 1.00 bits per heavy atom. The minimum Gasteiger partial charge on any atom is -0.371 e. The highest BCUT2D eigenvalue weighted by atomic mass is 16.2. The molecule has 3 heterocycles. The third-order valence-electron chi connectivity index (χ3n) is 6.55. The Labute approximate surface area is 178 Å². The topological polar surface area (TPSA) is 79.5 Å². The number of amides is 2. The van der Waals surface area contributed by atoms with E-state index in [1.54, 1.807) is 12.3 Å². The molecule has 1 aromatic heterocycles. The van der Waals surface area contributed by atoms with E-state index >= 15 is 0 Å². The number of nitrogens with two attached hydrogens (primary N) is 1. The molecule has 2 saturated heterocycles. The third kappa shape index (κ3) is 4.32. The zero-order chi connectivity index (χ0) is 21.1. The van der Waals surface area contributed by atoms with Crippen LogP contribution in [0, 0.1) is 5.92 Å². The number of anilines is 1. The Kier molecular flexibility index (Phi) is 6.02. The Hall–Kier alpha value is -2.89. The van der Waals surface area contributed by atoms with Gasteiger partial charge in [-0.25, -0.2) is 0 Å². The van der Waals surface area contributed by atoms with E-state index in [0.717, 1.165) is 50.4 Å². The van der Waals surface area contributed by atoms with E-state index in [4.69, 9.17) is 5.73 Å². The Bertz CT molecular complexity index is 899. The molecule has 2 aromatic rings. The van der Waals surface area contributed by atoms with Gasteiger partial charge in [0, 0.05) is 38.1 Å². The van der Waals surface area contributed by atoms with Crippen LogP contribution in [0.25, 0.3) is 0 Å². The van der Waals surface area contributed by atoms with Crippen molar-refractivity contribution in [3.8, 4) is 0 Å². The van der Waals surface area contributed by atoms with Crippen LogP contribution in [0.15, 0.2) is 42.6 Å². The SMILES string of the molecule is CC1CCN(c2cc(C3CCN(C(=O)c4ccccn4)CC3)ccc2C(N)=O)CC1. The number of pyridine rings is 1. The molecule has 2 aliphatic heterocycles. The monoisotopic (exact) mass is 406 g/mol. The summed E-state index contributed by atoms with van der Waals surface area (Å²) < 4.78 is 0. The maximum absolute atomic E-state index is 12.7. The fourth-order valence-electron chi connectivity index (χ4n) is 4.59. The van der Waals surface area contributed by atoms with E-state index in [-0.39, 0.29) is 11.8 Å². The summed E-state index contributed by atoms with van der Waals surface area (Å²) in [5, 5.41) is 0. The molecule has 2 aliphatic rings. The summed E-state index contributed by atoms with van der Waals surface area (Å²) in [6.45, 7) is 5.63. The first-order valence-corrected chi connectivity index (χ1v) is 10.9. The van der Waals surface area contributed by atoms with Crippen molar-refractivity contribution in [2.75, 3.05) is 31.1 Å². The van der Waals surface area contributed by atoms with Gasteiger partial charge in [-0.1, -0.05) is 19.1 Å². The molecule has 4 rings (SSSR count). The quantitative estimate of drug-likeness (QED) is 0.844. The minimum atomic E-state index is -0.369. The predicted octanol–water partition coefficient (Wildman–Crippen LogP) is 3.44. The van der Waals surface area contributed by atoms with Gasteiger partial charge in [0.2, 0.25) is 0 Å². The molecule has 2 amide bonds. The average molecular weight is 407 g/mol. The van der Waals surface area contributed by atoms with Gasteiger partial charge >= 0.3 is 0 Å². The van der Waals surface area contributed by atoms with Crippen molar-refractivity contribution >= 4 is 17.5 Å².